The summed E-state index contributed by atoms with van der Waals surface area (Å²) in [6.07, 6.45) is 4.14. The van der Waals surface area contributed by atoms with Gasteiger partial charge in [0.15, 0.2) is 0 Å². The maximum Gasteiger partial charge on any atom is 0.474 e. The molecule has 0 saturated carbocycles. The quantitative estimate of drug-likeness (QED) is 0.426. The molecule has 0 bridgehead atoms. The van der Waals surface area contributed by atoms with Crippen LogP contribution in [0.5, 0.6) is 0 Å². The van der Waals surface area contributed by atoms with Gasteiger partial charge in [0.2, 0.25) is 0 Å². The van der Waals surface area contributed by atoms with Crippen LogP contribution in [-0.2, 0) is 14.0 Å². The average molecular weight is 366 g/mol. The van der Waals surface area contributed by atoms with Crippen molar-refractivity contribution in [1.82, 2.24) is 0 Å². The molecule has 0 spiro atoms. The van der Waals surface area contributed by atoms with Gasteiger partial charge in [0.1, 0.15) is 0 Å². The molecule has 0 aromatic heterocycles. The number of halogens is 1. The van der Waals surface area contributed by atoms with Gasteiger partial charge < -0.3 is 14.0 Å². The van der Waals surface area contributed by atoms with Crippen molar-refractivity contribution in [1.29, 1.82) is 0 Å². The Morgan fingerprint density at radius 1 is 1.11 bits per heavy atom. The fourth-order valence-electron chi connectivity index (χ4n) is 2.47. The van der Waals surface area contributed by atoms with Gasteiger partial charge in [-0.1, -0.05) is 22.6 Å². The summed E-state index contributed by atoms with van der Waals surface area (Å²) < 4.78 is 18.5. The van der Waals surface area contributed by atoms with Crippen molar-refractivity contribution in [3.63, 3.8) is 0 Å². The van der Waals surface area contributed by atoms with Gasteiger partial charge in [-0.2, -0.15) is 0 Å². The van der Waals surface area contributed by atoms with E-state index in [1.807, 2.05) is 0 Å². The van der Waals surface area contributed by atoms with Crippen molar-refractivity contribution in [3.05, 3.63) is 0 Å². The summed E-state index contributed by atoms with van der Waals surface area (Å²) in [5.74, 6) is 0. The minimum atomic E-state index is -0.249. The molecule has 5 heteroatoms. The molecule has 2 heterocycles. The zero-order valence-electron chi connectivity index (χ0n) is 12.0. The third kappa shape index (κ3) is 2.89. The third-order valence-electron chi connectivity index (χ3n) is 4.39. The summed E-state index contributed by atoms with van der Waals surface area (Å²) >= 11 is 2.43. The van der Waals surface area contributed by atoms with E-state index in [1.165, 1.54) is 12.8 Å². The molecule has 3 nitrogen and oxygen atoms in total. The highest BCUT2D eigenvalue weighted by molar-refractivity contribution is 14.1. The second-order valence-electron chi connectivity index (χ2n) is 6.49. The van der Waals surface area contributed by atoms with Gasteiger partial charge in [0.05, 0.1) is 27.2 Å². The van der Waals surface area contributed by atoms with Gasteiger partial charge in [-0.15, -0.1) is 0 Å². The smallest absolute Gasteiger partial charge is 0.402 e. The highest BCUT2D eigenvalue weighted by atomic mass is 127. The van der Waals surface area contributed by atoms with Gasteiger partial charge in [-0.3, -0.25) is 0 Å². The van der Waals surface area contributed by atoms with Crippen molar-refractivity contribution in [2.75, 3.05) is 0 Å². The van der Waals surface area contributed by atoms with Crippen LogP contribution < -0.4 is 0 Å². The van der Waals surface area contributed by atoms with Gasteiger partial charge in [-0.05, 0) is 53.9 Å². The molecule has 18 heavy (non-hydrogen) atoms. The maximum absolute atomic E-state index is 6.10. The van der Waals surface area contributed by atoms with E-state index in [1.54, 1.807) is 0 Å². The SMILES string of the molecule is CC1CCC[C@@H]([C@@H](I)B2OC(C)(C)C(C)(C)O2)O1. The first-order valence-electron chi connectivity index (χ1n) is 6.88. The molecule has 2 aliphatic rings. The van der Waals surface area contributed by atoms with E-state index in [2.05, 4.69) is 57.2 Å². The highest BCUT2D eigenvalue weighted by Crippen LogP contribution is 2.40. The fourth-order valence-corrected chi connectivity index (χ4v) is 3.29. The van der Waals surface area contributed by atoms with E-state index in [0.717, 1.165) is 6.42 Å². The van der Waals surface area contributed by atoms with Crippen LogP contribution in [0.3, 0.4) is 0 Å². The first-order chi connectivity index (χ1) is 8.23. The maximum atomic E-state index is 6.10. The lowest BCUT2D eigenvalue weighted by molar-refractivity contribution is -0.0331. The average Bonchev–Trinajstić information content (AvgIpc) is 2.47. The summed E-state index contributed by atoms with van der Waals surface area (Å²) in [6.45, 7) is 10.5. The molecule has 2 fully saturated rings. The van der Waals surface area contributed by atoms with E-state index in [-0.39, 0.29) is 28.2 Å². The molecular formula is C13H24BIO3. The van der Waals surface area contributed by atoms with Crippen LogP contribution in [-0.4, -0.2) is 34.4 Å². The Labute approximate surface area is 125 Å². The summed E-state index contributed by atoms with van der Waals surface area (Å²) in [6, 6.07) is 0. The van der Waals surface area contributed by atoms with Gasteiger partial charge in [-0.25, -0.2) is 0 Å². The second-order valence-corrected chi connectivity index (χ2v) is 7.92. The monoisotopic (exact) mass is 366 g/mol. The molecule has 1 unspecified atom stereocenters. The zero-order valence-corrected chi connectivity index (χ0v) is 14.2. The van der Waals surface area contributed by atoms with Crippen molar-refractivity contribution >= 4 is 29.7 Å². The lowest BCUT2D eigenvalue weighted by atomic mass is 9.79. The number of ether oxygens (including phenoxy) is 1. The van der Waals surface area contributed by atoms with E-state index >= 15 is 0 Å². The molecule has 104 valence electrons. The summed E-state index contributed by atoms with van der Waals surface area (Å²) in [7, 11) is -0.161. The third-order valence-corrected chi connectivity index (χ3v) is 5.78. The largest absolute Gasteiger partial charge is 0.474 e. The van der Waals surface area contributed by atoms with Gasteiger partial charge in [0, 0.05) is 0 Å². The molecule has 2 saturated heterocycles. The van der Waals surface area contributed by atoms with E-state index < -0.39 is 0 Å². The topological polar surface area (TPSA) is 27.7 Å². The van der Waals surface area contributed by atoms with Gasteiger partial charge >= 0.3 is 7.12 Å². The predicted molar refractivity (Wildman–Crippen MR) is 82.1 cm³/mol. The van der Waals surface area contributed by atoms with Crippen molar-refractivity contribution < 1.29 is 14.0 Å². The van der Waals surface area contributed by atoms with Crippen LogP contribution in [0, 0.1) is 0 Å². The van der Waals surface area contributed by atoms with Gasteiger partial charge in [0.25, 0.3) is 0 Å². The molecule has 0 amide bonds. The number of hydrogen-bond acceptors (Lipinski definition) is 3. The Kier molecular flexibility index (Phi) is 4.37. The number of alkyl halides is 1. The first kappa shape index (κ1) is 15.1. The Bertz CT molecular complexity index is 293. The normalized spacial score (nSPS) is 36.7. The molecule has 0 aliphatic carbocycles. The molecule has 0 N–H and O–H groups in total. The number of hydrogen-bond donors (Lipinski definition) is 0. The highest BCUT2D eigenvalue weighted by Gasteiger charge is 2.55. The molecule has 0 aromatic rings. The Morgan fingerprint density at radius 3 is 2.17 bits per heavy atom. The zero-order chi connectivity index (χ0) is 13.6. The standard InChI is InChI=1S/C13H24BIO3/c1-9-7-6-8-10(16-9)11(15)14-17-12(2,3)13(4,5)18-14/h9-11H,6-8H2,1-5H3/t9?,10-,11+/m0/s1. The molecule has 2 rings (SSSR count). The predicted octanol–water partition coefficient (Wildman–Crippen LogP) is 3.38. The van der Waals surface area contributed by atoms with Crippen LogP contribution in [0.2, 0.25) is 0 Å². The van der Waals surface area contributed by atoms with E-state index in [0.29, 0.717) is 6.10 Å². The van der Waals surface area contributed by atoms with E-state index in [4.69, 9.17) is 14.0 Å². The van der Waals surface area contributed by atoms with Crippen LogP contribution in [0.15, 0.2) is 0 Å². The second kappa shape index (κ2) is 5.22. The van der Waals surface area contributed by atoms with Crippen molar-refractivity contribution in [2.45, 2.75) is 81.1 Å². The number of rotatable bonds is 2. The van der Waals surface area contributed by atoms with Crippen molar-refractivity contribution in [2.24, 2.45) is 0 Å². The summed E-state index contributed by atoms with van der Waals surface area (Å²) in [4.78, 5) is 0. The lowest BCUT2D eigenvalue weighted by Gasteiger charge is -2.32. The Balaban J connectivity index is 2.00. The molecular weight excluding hydrogens is 342 g/mol. The Hall–Kier alpha value is 0.675. The summed E-state index contributed by atoms with van der Waals surface area (Å²) in [5, 5.41) is 0. The lowest BCUT2D eigenvalue weighted by Crippen LogP contribution is -2.43. The van der Waals surface area contributed by atoms with Crippen LogP contribution in [0.4, 0.5) is 0 Å². The fraction of sp³-hybridized carbons (Fsp3) is 1.00. The van der Waals surface area contributed by atoms with Crippen LogP contribution in [0.1, 0.15) is 53.9 Å². The molecule has 0 aromatic carbocycles. The molecule has 0 radical (unpaired) electrons. The molecule has 3 atom stereocenters. The van der Waals surface area contributed by atoms with Crippen molar-refractivity contribution in [3.8, 4) is 0 Å². The Morgan fingerprint density at radius 2 is 1.67 bits per heavy atom. The minimum absolute atomic E-state index is 0.161. The van der Waals surface area contributed by atoms with Crippen LogP contribution in [0.25, 0.3) is 0 Å². The summed E-state index contributed by atoms with van der Waals surface area (Å²) in [5.41, 5.74) is -0.497. The van der Waals surface area contributed by atoms with Crippen LogP contribution >= 0.6 is 22.6 Å². The van der Waals surface area contributed by atoms with E-state index in [9.17, 15) is 0 Å². The molecule has 2 aliphatic heterocycles. The first-order valence-corrected chi connectivity index (χ1v) is 8.13. The minimum Gasteiger partial charge on any atom is -0.402 e.